The van der Waals surface area contributed by atoms with E-state index in [1.54, 1.807) is 4.90 Å². The van der Waals surface area contributed by atoms with Crippen LogP contribution in [0.4, 0.5) is 0 Å². The number of aromatic nitrogens is 1. The van der Waals surface area contributed by atoms with Crippen LogP contribution in [0.3, 0.4) is 0 Å². The number of benzene rings is 1. The first-order valence-corrected chi connectivity index (χ1v) is 11.7. The van der Waals surface area contributed by atoms with Gasteiger partial charge in [0.2, 0.25) is 11.8 Å². The van der Waals surface area contributed by atoms with E-state index in [9.17, 15) is 9.59 Å². The Morgan fingerprint density at radius 3 is 2.68 bits per heavy atom. The number of hydrogen-bond acceptors (Lipinski definition) is 6. The predicted octanol–water partition coefficient (Wildman–Crippen LogP) is 1.92. The number of rotatable bonds is 5. The molecule has 182 valence electrons. The number of nitrogens with one attached hydrogen (secondary N) is 1. The summed E-state index contributed by atoms with van der Waals surface area (Å²) in [4.78, 5) is 38.7. The van der Waals surface area contributed by atoms with Crippen LogP contribution in [0.2, 0.25) is 0 Å². The molecule has 9 heteroatoms. The number of amides is 2. The molecule has 2 aromatic rings. The van der Waals surface area contributed by atoms with E-state index in [0.29, 0.717) is 25.6 Å². The zero-order valence-electron chi connectivity index (χ0n) is 19.7. The Hall–Kier alpha value is -3.20. The van der Waals surface area contributed by atoms with Gasteiger partial charge in [-0.1, -0.05) is 35.5 Å². The quantitative estimate of drug-likeness (QED) is 0.644. The maximum atomic E-state index is 14.0. The molecule has 4 heterocycles. The first-order chi connectivity index (χ1) is 16.4. The highest BCUT2D eigenvalue weighted by Gasteiger charge is 2.60. The maximum absolute atomic E-state index is 14.0. The lowest BCUT2D eigenvalue weighted by atomic mass is 9.68. The van der Waals surface area contributed by atoms with Crippen molar-refractivity contribution >= 4 is 18.3 Å². The molecule has 3 atom stereocenters. The molecule has 2 bridgehead atoms. The molecule has 0 aliphatic carbocycles. The van der Waals surface area contributed by atoms with Crippen molar-refractivity contribution in [3.05, 3.63) is 52.9 Å². The minimum absolute atomic E-state index is 0.0646. The Morgan fingerprint density at radius 1 is 1.29 bits per heavy atom. The van der Waals surface area contributed by atoms with Crippen LogP contribution in [-0.4, -0.2) is 70.1 Å². The number of aryl methyl sites for hydroxylation is 2. The second-order valence-electron chi connectivity index (χ2n) is 9.43. The normalized spacial score (nSPS) is 26.1. The summed E-state index contributed by atoms with van der Waals surface area (Å²) in [5.41, 5.74) is 2.75. The third-order valence-electron chi connectivity index (χ3n) is 7.52. The second-order valence-corrected chi connectivity index (χ2v) is 9.43. The largest absolute Gasteiger partial charge is 0.483 e. The van der Waals surface area contributed by atoms with Gasteiger partial charge in [-0.2, -0.15) is 0 Å². The molecule has 5 rings (SSSR count). The molecule has 2 amide bonds. The summed E-state index contributed by atoms with van der Waals surface area (Å²) in [6, 6.07) is 10.8. The SMILES string of the molecule is Cc1noc(C)c1CN1[C@@H]2CC[C@H]1[C@@](Cc1ccccc1)(C(=O)N1CCNC(=O)C1)C2.O=CO. The summed E-state index contributed by atoms with van der Waals surface area (Å²) >= 11 is 0. The van der Waals surface area contributed by atoms with E-state index in [2.05, 4.69) is 27.5 Å². The summed E-state index contributed by atoms with van der Waals surface area (Å²) in [5.74, 6) is 0.934. The summed E-state index contributed by atoms with van der Waals surface area (Å²) in [6.07, 6.45) is 3.67. The lowest BCUT2D eigenvalue weighted by molar-refractivity contribution is -0.148. The molecule has 2 N–H and O–H groups in total. The van der Waals surface area contributed by atoms with Crippen LogP contribution in [0.1, 0.15) is 41.8 Å². The predicted molar refractivity (Wildman–Crippen MR) is 124 cm³/mol. The minimum atomic E-state index is -0.499. The van der Waals surface area contributed by atoms with Crippen molar-refractivity contribution in [3.8, 4) is 0 Å². The molecular weight excluding hydrogens is 436 g/mol. The Labute approximate surface area is 199 Å². The second kappa shape index (κ2) is 9.97. The van der Waals surface area contributed by atoms with Gasteiger partial charge in [-0.3, -0.25) is 19.3 Å². The molecule has 3 aliphatic rings. The smallest absolute Gasteiger partial charge is 0.290 e. The van der Waals surface area contributed by atoms with E-state index < -0.39 is 5.41 Å². The van der Waals surface area contributed by atoms with Crippen molar-refractivity contribution in [1.82, 2.24) is 20.3 Å². The van der Waals surface area contributed by atoms with Crippen LogP contribution in [0, 0.1) is 19.3 Å². The van der Waals surface area contributed by atoms with Gasteiger partial charge >= 0.3 is 0 Å². The van der Waals surface area contributed by atoms with Gasteiger partial charge in [-0.15, -0.1) is 0 Å². The Kier molecular flexibility index (Phi) is 7.02. The number of carbonyl (C=O) groups is 3. The van der Waals surface area contributed by atoms with Gasteiger partial charge in [0.25, 0.3) is 6.47 Å². The molecule has 0 saturated carbocycles. The van der Waals surface area contributed by atoms with Crippen molar-refractivity contribution in [2.45, 2.75) is 58.2 Å². The fourth-order valence-corrected chi connectivity index (χ4v) is 6.04. The van der Waals surface area contributed by atoms with E-state index >= 15 is 0 Å². The summed E-state index contributed by atoms with van der Waals surface area (Å²) in [6.45, 7) is 5.74. The molecule has 3 fully saturated rings. The van der Waals surface area contributed by atoms with Gasteiger partial charge < -0.3 is 19.8 Å². The van der Waals surface area contributed by atoms with Crippen molar-refractivity contribution in [2.75, 3.05) is 19.6 Å². The standard InChI is InChI=1S/C24H30N4O3.CH2O2/c1-16-20(17(2)31-26-16)14-28-19-8-9-21(28)24(13-19,12-18-6-4-3-5-7-18)23(30)27-11-10-25-22(29)15-27;2-1-3/h3-7,19,21H,8-15H2,1-2H3,(H,25,29);1H,(H,2,3)/t19-,21+,24+;/m1./s1. The number of piperazine rings is 1. The molecule has 0 unspecified atom stereocenters. The molecule has 3 saturated heterocycles. The number of carboxylic acid groups (broad SMARTS) is 1. The average molecular weight is 469 g/mol. The highest BCUT2D eigenvalue weighted by molar-refractivity contribution is 5.90. The van der Waals surface area contributed by atoms with Crippen LogP contribution in [0.25, 0.3) is 0 Å². The van der Waals surface area contributed by atoms with Crippen molar-refractivity contribution in [2.24, 2.45) is 5.41 Å². The first kappa shape index (κ1) is 23.9. The van der Waals surface area contributed by atoms with E-state index in [1.807, 2.05) is 32.0 Å². The topological polar surface area (TPSA) is 116 Å². The van der Waals surface area contributed by atoms with E-state index in [-0.39, 0.29) is 30.9 Å². The number of fused-ring (bicyclic) bond motifs is 2. The lowest BCUT2D eigenvalue weighted by Gasteiger charge is -2.41. The summed E-state index contributed by atoms with van der Waals surface area (Å²) in [5, 5.41) is 13.9. The van der Waals surface area contributed by atoms with Crippen LogP contribution >= 0.6 is 0 Å². The van der Waals surface area contributed by atoms with Gasteiger partial charge in [0.15, 0.2) is 0 Å². The highest BCUT2D eigenvalue weighted by atomic mass is 16.5. The number of nitrogens with zero attached hydrogens (tertiary/aromatic N) is 3. The Bertz CT molecular complexity index is 1020. The van der Waals surface area contributed by atoms with Crippen LogP contribution in [0.15, 0.2) is 34.9 Å². The van der Waals surface area contributed by atoms with E-state index in [1.165, 1.54) is 5.56 Å². The summed E-state index contributed by atoms with van der Waals surface area (Å²) < 4.78 is 5.40. The van der Waals surface area contributed by atoms with Gasteiger partial charge in [-0.05, 0) is 45.1 Å². The van der Waals surface area contributed by atoms with Crippen LogP contribution < -0.4 is 5.32 Å². The van der Waals surface area contributed by atoms with Crippen LogP contribution in [0.5, 0.6) is 0 Å². The molecule has 9 nitrogen and oxygen atoms in total. The average Bonchev–Trinajstić information content (AvgIpc) is 3.47. The molecule has 3 aliphatic heterocycles. The molecule has 1 aromatic carbocycles. The van der Waals surface area contributed by atoms with Crippen molar-refractivity contribution < 1.29 is 24.0 Å². The van der Waals surface area contributed by atoms with Crippen LogP contribution in [-0.2, 0) is 27.3 Å². The van der Waals surface area contributed by atoms with E-state index in [4.69, 9.17) is 14.4 Å². The van der Waals surface area contributed by atoms with Crippen molar-refractivity contribution in [1.29, 1.82) is 0 Å². The lowest BCUT2D eigenvalue weighted by Crippen LogP contribution is -2.57. The number of carbonyl (C=O) groups excluding carboxylic acids is 2. The van der Waals surface area contributed by atoms with Gasteiger partial charge in [0, 0.05) is 37.3 Å². The fraction of sp³-hybridized carbons (Fsp3) is 0.520. The molecule has 34 heavy (non-hydrogen) atoms. The third kappa shape index (κ3) is 4.44. The van der Waals surface area contributed by atoms with Crippen molar-refractivity contribution in [3.63, 3.8) is 0 Å². The molecular formula is C25H32N4O5. The first-order valence-electron chi connectivity index (χ1n) is 11.7. The van der Waals surface area contributed by atoms with E-state index in [0.717, 1.165) is 42.8 Å². The molecule has 0 spiro atoms. The Morgan fingerprint density at radius 2 is 2.03 bits per heavy atom. The molecule has 0 radical (unpaired) electrons. The monoisotopic (exact) mass is 468 g/mol. The zero-order chi connectivity index (χ0) is 24.3. The maximum Gasteiger partial charge on any atom is 0.290 e. The summed E-state index contributed by atoms with van der Waals surface area (Å²) in [7, 11) is 0. The highest BCUT2D eigenvalue weighted by Crippen LogP contribution is 2.53. The zero-order valence-corrected chi connectivity index (χ0v) is 19.7. The minimum Gasteiger partial charge on any atom is -0.483 e. The van der Waals surface area contributed by atoms with Gasteiger partial charge in [0.1, 0.15) is 5.76 Å². The van der Waals surface area contributed by atoms with Gasteiger partial charge in [0.05, 0.1) is 17.7 Å². The molecule has 1 aromatic heterocycles. The Balaban J connectivity index is 0.000000868. The van der Waals surface area contributed by atoms with Gasteiger partial charge in [-0.25, -0.2) is 0 Å². The fourth-order valence-electron chi connectivity index (χ4n) is 6.04. The number of hydrogen-bond donors (Lipinski definition) is 2. The third-order valence-corrected chi connectivity index (χ3v) is 7.52.